The molecule has 0 heterocycles. The highest BCUT2D eigenvalue weighted by molar-refractivity contribution is 5.03. The van der Waals surface area contributed by atoms with Gasteiger partial charge in [-0.3, -0.25) is 0 Å². The third kappa shape index (κ3) is 1.84. The van der Waals surface area contributed by atoms with Crippen LogP contribution in [0.3, 0.4) is 0 Å². The van der Waals surface area contributed by atoms with Crippen molar-refractivity contribution in [3.05, 3.63) is 11.6 Å². The van der Waals surface area contributed by atoms with Crippen molar-refractivity contribution in [3.63, 3.8) is 0 Å². The maximum Gasteiger partial charge on any atom is 0.0543 e. The molecule has 0 fully saturated rings. The minimum absolute atomic E-state index is 0.121. The molecule has 0 bridgehead atoms. The van der Waals surface area contributed by atoms with Gasteiger partial charge in [0.25, 0.3) is 0 Å². The number of rotatable bonds is 1. The molecule has 1 heteroatoms. The zero-order chi connectivity index (χ0) is 7.56. The molecule has 58 valence electrons. The highest BCUT2D eigenvalue weighted by Gasteiger charge is 2.16. The quantitative estimate of drug-likeness (QED) is 0.553. The van der Waals surface area contributed by atoms with Crippen molar-refractivity contribution in [1.29, 1.82) is 0 Å². The van der Waals surface area contributed by atoms with Crippen LogP contribution in [0.5, 0.6) is 0 Å². The molecule has 1 N–H and O–H groups in total. The molecule has 2 unspecified atom stereocenters. The van der Waals surface area contributed by atoms with E-state index in [0.717, 1.165) is 6.42 Å². The molecule has 1 aliphatic carbocycles. The molecular formula is C9H16O. The van der Waals surface area contributed by atoms with E-state index in [1.807, 2.05) is 6.92 Å². The Hall–Kier alpha value is -0.300. The molecule has 0 saturated carbocycles. The van der Waals surface area contributed by atoms with E-state index in [4.69, 9.17) is 0 Å². The second kappa shape index (κ2) is 3.20. The molecule has 1 nitrogen and oxygen atoms in total. The summed E-state index contributed by atoms with van der Waals surface area (Å²) in [5, 5.41) is 9.23. The lowest BCUT2D eigenvalue weighted by molar-refractivity contribution is 0.119. The summed E-state index contributed by atoms with van der Waals surface area (Å²) < 4.78 is 0. The fourth-order valence-electron chi connectivity index (χ4n) is 1.42. The standard InChI is InChI=1S/C9H16O/c1-7-3-5-9(6-4-7)8(2)10/h3,8-10H,4-6H2,1-2H3. The highest BCUT2D eigenvalue weighted by atomic mass is 16.3. The Morgan fingerprint density at radius 1 is 1.70 bits per heavy atom. The number of aliphatic hydroxyl groups excluding tert-OH is 1. The molecular weight excluding hydrogens is 124 g/mol. The summed E-state index contributed by atoms with van der Waals surface area (Å²) in [6.45, 7) is 4.05. The third-order valence-electron chi connectivity index (χ3n) is 2.36. The van der Waals surface area contributed by atoms with Crippen LogP contribution in [0.1, 0.15) is 33.1 Å². The molecule has 0 aromatic carbocycles. The number of aliphatic hydroxyl groups is 1. The van der Waals surface area contributed by atoms with Crippen LogP contribution in [0.4, 0.5) is 0 Å². The van der Waals surface area contributed by atoms with Crippen LogP contribution >= 0.6 is 0 Å². The minimum Gasteiger partial charge on any atom is -0.393 e. The van der Waals surface area contributed by atoms with Gasteiger partial charge in [0.1, 0.15) is 0 Å². The number of hydrogen-bond donors (Lipinski definition) is 1. The van der Waals surface area contributed by atoms with Gasteiger partial charge < -0.3 is 5.11 Å². The molecule has 0 aromatic heterocycles. The Bertz CT molecular complexity index is 136. The smallest absolute Gasteiger partial charge is 0.0543 e. The van der Waals surface area contributed by atoms with Crippen molar-refractivity contribution in [2.45, 2.75) is 39.2 Å². The van der Waals surface area contributed by atoms with Gasteiger partial charge in [-0.1, -0.05) is 11.6 Å². The monoisotopic (exact) mass is 140 g/mol. The second-order valence-electron chi connectivity index (χ2n) is 3.33. The normalized spacial score (nSPS) is 29.5. The van der Waals surface area contributed by atoms with Gasteiger partial charge in [0.05, 0.1) is 6.10 Å². The van der Waals surface area contributed by atoms with E-state index in [9.17, 15) is 5.11 Å². The fourth-order valence-corrected chi connectivity index (χ4v) is 1.42. The van der Waals surface area contributed by atoms with Crippen molar-refractivity contribution < 1.29 is 5.11 Å². The van der Waals surface area contributed by atoms with Gasteiger partial charge in [0.15, 0.2) is 0 Å². The van der Waals surface area contributed by atoms with Crippen LogP contribution in [0.15, 0.2) is 11.6 Å². The van der Waals surface area contributed by atoms with Gasteiger partial charge in [0, 0.05) is 0 Å². The maximum absolute atomic E-state index is 9.23. The largest absolute Gasteiger partial charge is 0.393 e. The van der Waals surface area contributed by atoms with Crippen molar-refractivity contribution in [2.24, 2.45) is 5.92 Å². The second-order valence-corrected chi connectivity index (χ2v) is 3.33. The van der Waals surface area contributed by atoms with Crippen LogP contribution in [0.25, 0.3) is 0 Å². The Balaban J connectivity index is 2.42. The molecule has 10 heavy (non-hydrogen) atoms. The van der Waals surface area contributed by atoms with Crippen LogP contribution in [0, 0.1) is 5.92 Å². The minimum atomic E-state index is -0.121. The van der Waals surface area contributed by atoms with E-state index in [-0.39, 0.29) is 6.10 Å². The van der Waals surface area contributed by atoms with Gasteiger partial charge >= 0.3 is 0 Å². The third-order valence-corrected chi connectivity index (χ3v) is 2.36. The molecule has 2 atom stereocenters. The Labute approximate surface area is 62.8 Å². The lowest BCUT2D eigenvalue weighted by atomic mass is 9.87. The van der Waals surface area contributed by atoms with Gasteiger partial charge in [-0.25, -0.2) is 0 Å². The first-order valence-corrected chi connectivity index (χ1v) is 4.04. The molecule has 0 aliphatic heterocycles. The zero-order valence-electron chi connectivity index (χ0n) is 6.80. The van der Waals surface area contributed by atoms with Crippen LogP contribution < -0.4 is 0 Å². The van der Waals surface area contributed by atoms with Crippen molar-refractivity contribution >= 4 is 0 Å². The molecule has 0 radical (unpaired) electrons. The lowest BCUT2D eigenvalue weighted by Crippen LogP contribution is -2.18. The molecule has 1 rings (SSSR count). The maximum atomic E-state index is 9.23. The van der Waals surface area contributed by atoms with Gasteiger partial charge in [0.2, 0.25) is 0 Å². The van der Waals surface area contributed by atoms with E-state index in [1.165, 1.54) is 18.4 Å². The first-order valence-electron chi connectivity index (χ1n) is 4.04. The molecule has 0 saturated heterocycles. The van der Waals surface area contributed by atoms with E-state index in [1.54, 1.807) is 0 Å². The topological polar surface area (TPSA) is 20.2 Å². The predicted molar refractivity (Wildman–Crippen MR) is 42.8 cm³/mol. The number of hydrogen-bond acceptors (Lipinski definition) is 1. The molecule has 0 aromatic rings. The zero-order valence-corrected chi connectivity index (χ0v) is 6.80. The molecule has 0 amide bonds. The first kappa shape index (κ1) is 7.80. The van der Waals surface area contributed by atoms with Crippen LogP contribution in [0.2, 0.25) is 0 Å². The molecule has 0 spiro atoms. The number of allylic oxidation sites excluding steroid dienone is 2. The van der Waals surface area contributed by atoms with Crippen LogP contribution in [-0.4, -0.2) is 11.2 Å². The predicted octanol–water partition coefficient (Wildman–Crippen LogP) is 2.11. The summed E-state index contributed by atoms with van der Waals surface area (Å²) in [4.78, 5) is 0. The Kier molecular flexibility index (Phi) is 2.50. The summed E-state index contributed by atoms with van der Waals surface area (Å²) in [6.07, 6.45) is 5.55. The Morgan fingerprint density at radius 3 is 2.80 bits per heavy atom. The highest BCUT2D eigenvalue weighted by Crippen LogP contribution is 2.25. The van der Waals surface area contributed by atoms with E-state index in [0.29, 0.717) is 5.92 Å². The lowest BCUT2D eigenvalue weighted by Gasteiger charge is -2.22. The summed E-state index contributed by atoms with van der Waals surface area (Å²) in [6, 6.07) is 0. The fraction of sp³-hybridized carbons (Fsp3) is 0.778. The van der Waals surface area contributed by atoms with E-state index >= 15 is 0 Å². The summed E-state index contributed by atoms with van der Waals surface area (Å²) in [5.41, 5.74) is 1.48. The van der Waals surface area contributed by atoms with E-state index < -0.39 is 0 Å². The SMILES string of the molecule is CC1=CCC(C(C)O)CC1. The summed E-state index contributed by atoms with van der Waals surface area (Å²) >= 11 is 0. The average molecular weight is 140 g/mol. The average Bonchev–Trinajstić information content (AvgIpc) is 1.88. The summed E-state index contributed by atoms with van der Waals surface area (Å²) in [7, 11) is 0. The van der Waals surface area contributed by atoms with Gasteiger partial charge in [-0.05, 0) is 39.0 Å². The Morgan fingerprint density at radius 2 is 2.40 bits per heavy atom. The van der Waals surface area contributed by atoms with Gasteiger partial charge in [-0.15, -0.1) is 0 Å². The summed E-state index contributed by atoms with van der Waals surface area (Å²) in [5.74, 6) is 0.517. The molecule has 1 aliphatic rings. The first-order chi connectivity index (χ1) is 4.70. The van der Waals surface area contributed by atoms with Crippen molar-refractivity contribution in [3.8, 4) is 0 Å². The van der Waals surface area contributed by atoms with Crippen molar-refractivity contribution in [1.82, 2.24) is 0 Å². The van der Waals surface area contributed by atoms with E-state index in [2.05, 4.69) is 13.0 Å². The van der Waals surface area contributed by atoms with Crippen LogP contribution in [-0.2, 0) is 0 Å². The van der Waals surface area contributed by atoms with Gasteiger partial charge in [-0.2, -0.15) is 0 Å². The van der Waals surface area contributed by atoms with Crippen molar-refractivity contribution in [2.75, 3.05) is 0 Å².